The predicted molar refractivity (Wildman–Crippen MR) is 96.6 cm³/mol. The van der Waals surface area contributed by atoms with Gasteiger partial charge in [0.1, 0.15) is 11.6 Å². The van der Waals surface area contributed by atoms with E-state index < -0.39 is 0 Å². The molecule has 0 saturated heterocycles. The van der Waals surface area contributed by atoms with E-state index in [2.05, 4.69) is 20.7 Å². The second-order valence-corrected chi connectivity index (χ2v) is 6.33. The smallest absolute Gasteiger partial charge is 0.166 e. The van der Waals surface area contributed by atoms with Gasteiger partial charge in [0.2, 0.25) is 0 Å². The first-order chi connectivity index (χ1) is 12.8. The van der Waals surface area contributed by atoms with Gasteiger partial charge in [0.15, 0.2) is 11.6 Å². The van der Waals surface area contributed by atoms with Crippen LogP contribution in [0.25, 0.3) is 0 Å². The Hall–Kier alpha value is -2.93. The van der Waals surface area contributed by atoms with E-state index in [0.29, 0.717) is 18.2 Å². The Balaban J connectivity index is 1.29. The van der Waals surface area contributed by atoms with Gasteiger partial charge < -0.3 is 15.4 Å². The zero-order chi connectivity index (χ0) is 17.8. The standard InChI is InChI=1S/C19H20FN5O/c20-17-8-14(3-4-18(17)26-16-2-1-6-21-12-16)9-22-10-15-11-23-19-5-7-24-25(19)13-15/h1-8,12,15,22-23H,9-11,13H2/t15-/m1/s1. The van der Waals surface area contributed by atoms with Crippen molar-refractivity contribution in [3.8, 4) is 11.5 Å². The summed E-state index contributed by atoms with van der Waals surface area (Å²) >= 11 is 0. The number of anilines is 1. The molecule has 26 heavy (non-hydrogen) atoms. The molecule has 2 aromatic heterocycles. The SMILES string of the molecule is Fc1cc(CNC[C@@H]2CNc3ccnn3C2)ccc1Oc1cccnc1. The molecule has 6 nitrogen and oxygen atoms in total. The quantitative estimate of drug-likeness (QED) is 0.713. The number of hydrogen-bond acceptors (Lipinski definition) is 5. The highest BCUT2D eigenvalue weighted by Crippen LogP contribution is 2.24. The molecule has 1 aliphatic heterocycles. The van der Waals surface area contributed by atoms with Gasteiger partial charge in [0.05, 0.1) is 12.4 Å². The monoisotopic (exact) mass is 353 g/mol. The lowest BCUT2D eigenvalue weighted by Crippen LogP contribution is -2.35. The first-order valence-corrected chi connectivity index (χ1v) is 8.60. The molecule has 0 spiro atoms. The number of nitrogens with zero attached hydrogens (tertiary/aromatic N) is 3. The predicted octanol–water partition coefficient (Wildman–Crippen LogP) is 3.04. The largest absolute Gasteiger partial charge is 0.453 e. The minimum absolute atomic E-state index is 0.199. The number of rotatable bonds is 6. The Morgan fingerprint density at radius 3 is 3.08 bits per heavy atom. The molecule has 3 aromatic rings. The highest BCUT2D eigenvalue weighted by Gasteiger charge is 2.17. The van der Waals surface area contributed by atoms with Crippen LogP contribution in [0.5, 0.6) is 11.5 Å². The van der Waals surface area contributed by atoms with Crippen LogP contribution in [0.3, 0.4) is 0 Å². The summed E-state index contributed by atoms with van der Waals surface area (Å²) < 4.78 is 21.7. The summed E-state index contributed by atoms with van der Waals surface area (Å²) in [6, 6.07) is 10.5. The lowest BCUT2D eigenvalue weighted by atomic mass is 10.1. The molecular formula is C19H20FN5O. The molecule has 0 saturated carbocycles. The summed E-state index contributed by atoms with van der Waals surface area (Å²) in [4.78, 5) is 3.95. The first-order valence-electron chi connectivity index (χ1n) is 8.60. The van der Waals surface area contributed by atoms with E-state index in [0.717, 1.165) is 31.0 Å². The summed E-state index contributed by atoms with van der Waals surface area (Å²) in [6.07, 6.45) is 5.00. The van der Waals surface area contributed by atoms with Crippen molar-refractivity contribution in [2.45, 2.75) is 13.1 Å². The van der Waals surface area contributed by atoms with Crippen LogP contribution in [0.15, 0.2) is 55.0 Å². The summed E-state index contributed by atoms with van der Waals surface area (Å²) in [5, 5.41) is 11.0. The molecule has 3 heterocycles. The fourth-order valence-electron chi connectivity index (χ4n) is 3.02. The number of aromatic nitrogens is 3. The average molecular weight is 353 g/mol. The van der Waals surface area contributed by atoms with Crippen LogP contribution in [0.4, 0.5) is 10.2 Å². The molecule has 0 aliphatic carbocycles. The number of nitrogens with one attached hydrogen (secondary N) is 2. The minimum atomic E-state index is -0.381. The van der Waals surface area contributed by atoms with Crippen LogP contribution in [0.2, 0.25) is 0 Å². The molecule has 1 aromatic carbocycles. The van der Waals surface area contributed by atoms with Crippen LogP contribution >= 0.6 is 0 Å². The van der Waals surface area contributed by atoms with Crippen molar-refractivity contribution in [2.24, 2.45) is 5.92 Å². The molecule has 0 radical (unpaired) electrons. The van der Waals surface area contributed by atoms with Crippen LogP contribution in [-0.4, -0.2) is 27.9 Å². The van der Waals surface area contributed by atoms with Crippen molar-refractivity contribution in [3.05, 3.63) is 66.4 Å². The molecule has 134 valence electrons. The van der Waals surface area contributed by atoms with Crippen molar-refractivity contribution in [1.29, 1.82) is 0 Å². The van der Waals surface area contributed by atoms with E-state index >= 15 is 0 Å². The Bertz CT molecular complexity index is 867. The van der Waals surface area contributed by atoms with Crippen molar-refractivity contribution in [1.82, 2.24) is 20.1 Å². The molecule has 0 fully saturated rings. The van der Waals surface area contributed by atoms with Crippen molar-refractivity contribution >= 4 is 5.82 Å². The molecular weight excluding hydrogens is 333 g/mol. The minimum Gasteiger partial charge on any atom is -0.453 e. The molecule has 0 bridgehead atoms. The number of pyridine rings is 1. The van der Waals surface area contributed by atoms with E-state index in [4.69, 9.17) is 4.74 Å². The molecule has 0 unspecified atom stereocenters. The van der Waals surface area contributed by atoms with Gasteiger partial charge in [-0.05, 0) is 29.8 Å². The summed E-state index contributed by atoms with van der Waals surface area (Å²) in [5.74, 6) is 1.84. The Morgan fingerprint density at radius 1 is 1.27 bits per heavy atom. The molecule has 7 heteroatoms. The fraction of sp³-hybridized carbons (Fsp3) is 0.263. The van der Waals surface area contributed by atoms with Crippen LogP contribution in [0, 0.1) is 11.7 Å². The fourth-order valence-corrected chi connectivity index (χ4v) is 3.02. The summed E-state index contributed by atoms with van der Waals surface area (Å²) in [6.45, 7) is 3.23. The lowest BCUT2D eigenvalue weighted by Gasteiger charge is -2.25. The van der Waals surface area contributed by atoms with E-state index in [1.54, 1.807) is 36.8 Å². The highest BCUT2D eigenvalue weighted by molar-refractivity contribution is 5.35. The van der Waals surface area contributed by atoms with Crippen LogP contribution in [-0.2, 0) is 13.1 Å². The van der Waals surface area contributed by atoms with Crippen molar-refractivity contribution in [2.75, 3.05) is 18.4 Å². The molecule has 1 aliphatic rings. The molecule has 1 atom stereocenters. The van der Waals surface area contributed by atoms with Crippen LogP contribution < -0.4 is 15.4 Å². The zero-order valence-electron chi connectivity index (χ0n) is 14.2. The van der Waals surface area contributed by atoms with Crippen molar-refractivity contribution < 1.29 is 9.13 Å². The third-order valence-electron chi connectivity index (χ3n) is 4.34. The maximum atomic E-state index is 14.3. The summed E-state index contributed by atoms with van der Waals surface area (Å²) in [5.41, 5.74) is 0.879. The third-order valence-corrected chi connectivity index (χ3v) is 4.34. The maximum absolute atomic E-state index is 14.3. The Morgan fingerprint density at radius 2 is 2.23 bits per heavy atom. The van der Waals surface area contributed by atoms with Crippen molar-refractivity contribution in [3.63, 3.8) is 0 Å². The van der Waals surface area contributed by atoms with E-state index in [9.17, 15) is 4.39 Å². The zero-order valence-corrected chi connectivity index (χ0v) is 14.2. The first kappa shape index (κ1) is 16.5. The van der Waals surface area contributed by atoms with Gasteiger partial charge in [-0.2, -0.15) is 5.10 Å². The number of fused-ring (bicyclic) bond motifs is 1. The lowest BCUT2D eigenvalue weighted by molar-refractivity contribution is 0.391. The number of hydrogen-bond donors (Lipinski definition) is 2. The molecule has 4 rings (SSSR count). The Labute approximate surface area is 151 Å². The van der Waals surface area contributed by atoms with E-state index in [1.165, 1.54) is 6.07 Å². The normalized spacial score (nSPS) is 16.0. The topological polar surface area (TPSA) is 64.0 Å². The number of benzene rings is 1. The molecule has 2 N–H and O–H groups in total. The number of halogens is 1. The average Bonchev–Trinajstić information content (AvgIpc) is 3.13. The van der Waals surface area contributed by atoms with E-state index in [-0.39, 0.29) is 11.6 Å². The van der Waals surface area contributed by atoms with Gasteiger partial charge in [-0.15, -0.1) is 0 Å². The van der Waals surface area contributed by atoms with Gasteiger partial charge in [-0.1, -0.05) is 6.07 Å². The number of ether oxygens (including phenoxy) is 1. The summed E-state index contributed by atoms with van der Waals surface area (Å²) in [7, 11) is 0. The van der Waals surface area contributed by atoms with Gasteiger partial charge in [0, 0.05) is 44.4 Å². The van der Waals surface area contributed by atoms with Gasteiger partial charge in [0.25, 0.3) is 0 Å². The molecule has 0 amide bonds. The van der Waals surface area contributed by atoms with E-state index in [1.807, 2.05) is 16.8 Å². The second kappa shape index (κ2) is 7.53. The highest BCUT2D eigenvalue weighted by atomic mass is 19.1. The van der Waals surface area contributed by atoms with Gasteiger partial charge in [-0.3, -0.25) is 4.98 Å². The second-order valence-electron chi connectivity index (χ2n) is 6.33. The third kappa shape index (κ3) is 3.83. The van der Waals surface area contributed by atoms with Gasteiger partial charge in [-0.25, -0.2) is 9.07 Å². The van der Waals surface area contributed by atoms with Gasteiger partial charge >= 0.3 is 0 Å². The Kier molecular flexibility index (Phi) is 4.79. The maximum Gasteiger partial charge on any atom is 0.166 e. The van der Waals surface area contributed by atoms with Crippen LogP contribution in [0.1, 0.15) is 5.56 Å².